The molecule has 0 radical (unpaired) electrons. The summed E-state index contributed by atoms with van der Waals surface area (Å²) in [7, 11) is 0. The zero-order chi connectivity index (χ0) is 15.6. The van der Waals surface area contributed by atoms with Crippen LogP contribution in [-0.2, 0) is 22.7 Å². The quantitative estimate of drug-likeness (QED) is 0.907. The molecule has 2 fully saturated rings. The Balaban J connectivity index is 1.53. The number of aliphatic hydroxyl groups excluding tert-OH is 1. The van der Waals surface area contributed by atoms with Crippen molar-refractivity contribution in [3.05, 3.63) is 35.4 Å². The summed E-state index contributed by atoms with van der Waals surface area (Å²) in [6, 6.07) is 7.89. The average Bonchev–Trinajstić information content (AvgIpc) is 2.93. The summed E-state index contributed by atoms with van der Waals surface area (Å²) in [6.07, 6.45) is 6.82. The third-order valence-corrected chi connectivity index (χ3v) is 5.45. The van der Waals surface area contributed by atoms with E-state index in [9.17, 15) is 5.11 Å². The summed E-state index contributed by atoms with van der Waals surface area (Å²) in [4.78, 5) is 0. The van der Waals surface area contributed by atoms with Gasteiger partial charge < -0.3 is 14.6 Å². The molecule has 1 aromatic rings. The Hall–Kier alpha value is -0.900. The molecule has 122 valence electrons. The van der Waals surface area contributed by atoms with Gasteiger partial charge in [0.15, 0.2) is 6.29 Å². The number of rotatable bonds is 4. The van der Waals surface area contributed by atoms with Crippen LogP contribution in [-0.4, -0.2) is 17.0 Å². The molecule has 1 saturated carbocycles. The van der Waals surface area contributed by atoms with Crippen LogP contribution in [0, 0.1) is 5.41 Å². The fourth-order valence-electron chi connectivity index (χ4n) is 3.68. The predicted octanol–water partition coefficient (Wildman–Crippen LogP) is 4.17. The minimum Gasteiger partial charge on any atom is -0.392 e. The molecule has 1 aliphatic carbocycles. The van der Waals surface area contributed by atoms with Gasteiger partial charge in [0.1, 0.15) is 0 Å². The number of ether oxygens (including phenoxy) is 2. The van der Waals surface area contributed by atoms with Gasteiger partial charge in [-0.25, -0.2) is 0 Å². The van der Waals surface area contributed by atoms with Crippen LogP contribution in [0.15, 0.2) is 24.3 Å². The molecule has 1 heterocycles. The molecule has 3 rings (SSSR count). The molecule has 1 aliphatic heterocycles. The Labute approximate surface area is 133 Å². The van der Waals surface area contributed by atoms with Crippen molar-refractivity contribution in [2.45, 2.75) is 77.5 Å². The second-order valence-electron chi connectivity index (χ2n) is 7.67. The van der Waals surface area contributed by atoms with E-state index in [1.54, 1.807) is 0 Å². The molecule has 3 nitrogen and oxygen atoms in total. The van der Waals surface area contributed by atoms with Crippen LogP contribution in [0.1, 0.15) is 63.5 Å². The first-order valence-electron chi connectivity index (χ1n) is 8.49. The van der Waals surface area contributed by atoms with Gasteiger partial charge in [-0.05, 0) is 48.6 Å². The van der Waals surface area contributed by atoms with Gasteiger partial charge in [0.2, 0.25) is 0 Å². The summed E-state index contributed by atoms with van der Waals surface area (Å²) in [5, 5.41) is 9.37. The van der Waals surface area contributed by atoms with Crippen LogP contribution in [0.2, 0.25) is 0 Å². The molecule has 0 amide bonds. The Kier molecular flexibility index (Phi) is 4.58. The largest absolute Gasteiger partial charge is 0.392 e. The standard InChI is InChI=1S/C19H28O3/c1-18(2)9-11-19(12-10-18)8-7-17(22-19)21-14-16-6-4-3-5-15(16)13-20/h3-6,17,20H,7-14H2,1-2H3. The highest BCUT2D eigenvalue weighted by molar-refractivity contribution is 5.25. The highest BCUT2D eigenvalue weighted by atomic mass is 16.7. The molecule has 0 bridgehead atoms. The molecule has 1 N–H and O–H groups in total. The van der Waals surface area contributed by atoms with Gasteiger partial charge in [-0.3, -0.25) is 0 Å². The van der Waals surface area contributed by atoms with E-state index in [1.165, 1.54) is 12.8 Å². The molecule has 1 unspecified atom stereocenters. The lowest BCUT2D eigenvalue weighted by Crippen LogP contribution is -2.37. The summed E-state index contributed by atoms with van der Waals surface area (Å²) in [6.45, 7) is 5.29. The van der Waals surface area contributed by atoms with Crippen LogP contribution in [0.3, 0.4) is 0 Å². The molecule has 1 saturated heterocycles. The second kappa shape index (κ2) is 6.31. The van der Waals surface area contributed by atoms with E-state index < -0.39 is 0 Å². The summed E-state index contributed by atoms with van der Waals surface area (Å²) < 4.78 is 12.3. The summed E-state index contributed by atoms with van der Waals surface area (Å²) in [5.74, 6) is 0. The van der Waals surface area contributed by atoms with Crippen LogP contribution >= 0.6 is 0 Å². The predicted molar refractivity (Wildman–Crippen MR) is 86.2 cm³/mol. The third kappa shape index (κ3) is 3.53. The van der Waals surface area contributed by atoms with Gasteiger partial charge in [-0.2, -0.15) is 0 Å². The summed E-state index contributed by atoms with van der Waals surface area (Å²) in [5.41, 5.74) is 2.53. The molecular weight excluding hydrogens is 276 g/mol. The first-order chi connectivity index (χ1) is 10.5. The van der Waals surface area contributed by atoms with Gasteiger partial charge in [0.05, 0.1) is 18.8 Å². The Morgan fingerprint density at radius 3 is 2.45 bits per heavy atom. The van der Waals surface area contributed by atoms with Crippen molar-refractivity contribution in [3.63, 3.8) is 0 Å². The SMILES string of the molecule is CC1(C)CCC2(CCC(OCc3ccccc3CO)O2)CC1. The van der Waals surface area contributed by atoms with E-state index in [1.807, 2.05) is 24.3 Å². The molecule has 1 atom stereocenters. The van der Waals surface area contributed by atoms with Gasteiger partial charge in [-0.1, -0.05) is 38.1 Å². The monoisotopic (exact) mass is 304 g/mol. The molecular formula is C19H28O3. The van der Waals surface area contributed by atoms with Gasteiger partial charge in [-0.15, -0.1) is 0 Å². The highest BCUT2D eigenvalue weighted by Crippen LogP contribution is 2.48. The maximum atomic E-state index is 9.37. The first-order valence-corrected chi connectivity index (χ1v) is 8.49. The van der Waals surface area contributed by atoms with Crippen LogP contribution < -0.4 is 0 Å². The van der Waals surface area contributed by atoms with Crippen LogP contribution in [0.5, 0.6) is 0 Å². The number of aliphatic hydroxyl groups is 1. The lowest BCUT2D eigenvalue weighted by Gasteiger charge is -2.40. The maximum absolute atomic E-state index is 9.37. The fraction of sp³-hybridized carbons (Fsp3) is 0.684. The van der Waals surface area contributed by atoms with E-state index in [0.29, 0.717) is 12.0 Å². The molecule has 1 spiro atoms. The van der Waals surface area contributed by atoms with E-state index >= 15 is 0 Å². The van der Waals surface area contributed by atoms with E-state index in [4.69, 9.17) is 9.47 Å². The molecule has 0 aromatic heterocycles. The van der Waals surface area contributed by atoms with E-state index in [0.717, 1.165) is 36.8 Å². The lowest BCUT2D eigenvalue weighted by molar-refractivity contribution is -0.187. The van der Waals surface area contributed by atoms with Crippen LogP contribution in [0.4, 0.5) is 0 Å². The second-order valence-corrected chi connectivity index (χ2v) is 7.67. The van der Waals surface area contributed by atoms with Gasteiger partial charge >= 0.3 is 0 Å². The lowest BCUT2D eigenvalue weighted by atomic mass is 9.70. The van der Waals surface area contributed by atoms with Crippen molar-refractivity contribution in [1.29, 1.82) is 0 Å². The molecule has 1 aromatic carbocycles. The van der Waals surface area contributed by atoms with Crippen molar-refractivity contribution >= 4 is 0 Å². The first kappa shape index (κ1) is 16.0. The van der Waals surface area contributed by atoms with Crippen molar-refractivity contribution in [3.8, 4) is 0 Å². The third-order valence-electron chi connectivity index (χ3n) is 5.45. The zero-order valence-corrected chi connectivity index (χ0v) is 13.8. The number of benzene rings is 1. The van der Waals surface area contributed by atoms with Gasteiger partial charge in [0.25, 0.3) is 0 Å². The van der Waals surface area contributed by atoms with Crippen molar-refractivity contribution in [2.75, 3.05) is 0 Å². The minimum atomic E-state index is -0.0899. The number of hydrogen-bond donors (Lipinski definition) is 1. The normalized spacial score (nSPS) is 26.4. The van der Waals surface area contributed by atoms with Crippen molar-refractivity contribution in [1.82, 2.24) is 0 Å². The van der Waals surface area contributed by atoms with E-state index in [-0.39, 0.29) is 18.5 Å². The van der Waals surface area contributed by atoms with Crippen molar-refractivity contribution in [2.24, 2.45) is 5.41 Å². The number of hydrogen-bond acceptors (Lipinski definition) is 3. The topological polar surface area (TPSA) is 38.7 Å². The smallest absolute Gasteiger partial charge is 0.158 e. The Bertz CT molecular complexity index is 499. The zero-order valence-electron chi connectivity index (χ0n) is 13.8. The van der Waals surface area contributed by atoms with Gasteiger partial charge in [0, 0.05) is 6.42 Å². The highest BCUT2D eigenvalue weighted by Gasteiger charge is 2.44. The Morgan fingerprint density at radius 1 is 1.09 bits per heavy atom. The van der Waals surface area contributed by atoms with Crippen LogP contribution in [0.25, 0.3) is 0 Å². The molecule has 3 heteroatoms. The minimum absolute atomic E-state index is 0.0596. The van der Waals surface area contributed by atoms with E-state index in [2.05, 4.69) is 13.8 Å². The maximum Gasteiger partial charge on any atom is 0.158 e. The fourth-order valence-corrected chi connectivity index (χ4v) is 3.68. The van der Waals surface area contributed by atoms with Crippen molar-refractivity contribution < 1.29 is 14.6 Å². The summed E-state index contributed by atoms with van der Waals surface area (Å²) >= 11 is 0. The molecule has 22 heavy (non-hydrogen) atoms. The molecule has 2 aliphatic rings. The Morgan fingerprint density at radius 2 is 1.77 bits per heavy atom. The average molecular weight is 304 g/mol.